The quantitative estimate of drug-likeness (QED) is 0.640. The van der Waals surface area contributed by atoms with E-state index in [4.69, 9.17) is 10.8 Å². The fourth-order valence-corrected chi connectivity index (χ4v) is 2.07. The Bertz CT molecular complexity index is 460. The molecular weight excluding hydrogens is 270 g/mol. The van der Waals surface area contributed by atoms with E-state index in [2.05, 4.69) is 17.2 Å². The first kappa shape index (κ1) is 17.1. The van der Waals surface area contributed by atoms with Crippen LogP contribution in [-0.4, -0.2) is 28.5 Å². The molecule has 0 radical (unpaired) electrons. The number of aromatic nitrogens is 1. The first-order chi connectivity index (χ1) is 10.1. The molecule has 116 valence electrons. The molecule has 0 spiro atoms. The minimum atomic E-state index is -1.06. The first-order valence-electron chi connectivity index (χ1n) is 7.21. The van der Waals surface area contributed by atoms with Crippen LogP contribution in [0.4, 0.5) is 0 Å². The Hall–Kier alpha value is -1.95. The molecule has 1 aromatic rings. The number of carbonyl (C=O) groups is 2. The number of hydrogen-bond donors (Lipinski definition) is 3. The molecule has 4 N–H and O–H groups in total. The smallest absolute Gasteiger partial charge is 0.354 e. The zero-order valence-corrected chi connectivity index (χ0v) is 12.3. The van der Waals surface area contributed by atoms with E-state index in [9.17, 15) is 9.59 Å². The highest BCUT2D eigenvalue weighted by Gasteiger charge is 2.09. The van der Waals surface area contributed by atoms with Crippen molar-refractivity contribution in [2.45, 2.75) is 39.2 Å². The lowest BCUT2D eigenvalue weighted by atomic mass is 9.96. The van der Waals surface area contributed by atoms with Crippen molar-refractivity contribution in [1.29, 1.82) is 0 Å². The minimum absolute atomic E-state index is 0.00218. The van der Waals surface area contributed by atoms with Gasteiger partial charge in [0.1, 0.15) is 5.69 Å². The van der Waals surface area contributed by atoms with Crippen LogP contribution < -0.4 is 11.1 Å². The molecule has 0 saturated carbocycles. The molecule has 0 aromatic carbocycles. The van der Waals surface area contributed by atoms with Crippen LogP contribution in [0.5, 0.6) is 0 Å². The van der Waals surface area contributed by atoms with Crippen molar-refractivity contribution >= 4 is 11.9 Å². The summed E-state index contributed by atoms with van der Waals surface area (Å²) in [5.74, 6) is -0.568. The standard InChI is InChI=1S/C15H23N3O3/c1-2-11(7-8-16)4-6-14(19)18-10-12-3-5-13(15(20)21)17-9-12/h3,5,9,11H,2,4,6-8,10,16H2,1H3,(H,18,19)(H,20,21). The van der Waals surface area contributed by atoms with Crippen LogP contribution in [0.1, 0.15) is 48.7 Å². The Labute approximate surface area is 124 Å². The van der Waals surface area contributed by atoms with E-state index >= 15 is 0 Å². The number of hydrogen-bond acceptors (Lipinski definition) is 4. The number of pyridine rings is 1. The lowest BCUT2D eigenvalue weighted by molar-refractivity contribution is -0.121. The minimum Gasteiger partial charge on any atom is -0.477 e. The summed E-state index contributed by atoms with van der Waals surface area (Å²) in [6.07, 6.45) is 4.78. The Morgan fingerprint density at radius 2 is 2.14 bits per heavy atom. The van der Waals surface area contributed by atoms with E-state index < -0.39 is 5.97 Å². The first-order valence-corrected chi connectivity index (χ1v) is 7.21. The molecule has 21 heavy (non-hydrogen) atoms. The van der Waals surface area contributed by atoms with Gasteiger partial charge in [0.25, 0.3) is 0 Å². The predicted molar refractivity (Wildman–Crippen MR) is 79.7 cm³/mol. The van der Waals surface area contributed by atoms with Gasteiger partial charge in [0.2, 0.25) is 5.91 Å². The van der Waals surface area contributed by atoms with Gasteiger partial charge in [0.15, 0.2) is 0 Å². The van der Waals surface area contributed by atoms with Gasteiger partial charge >= 0.3 is 5.97 Å². The van der Waals surface area contributed by atoms with Gasteiger partial charge in [-0.3, -0.25) is 4.79 Å². The van der Waals surface area contributed by atoms with Crippen LogP contribution in [0.2, 0.25) is 0 Å². The monoisotopic (exact) mass is 293 g/mol. The lowest BCUT2D eigenvalue weighted by Crippen LogP contribution is -2.23. The van der Waals surface area contributed by atoms with Crippen LogP contribution in [0, 0.1) is 5.92 Å². The molecule has 1 amide bonds. The number of nitrogens with two attached hydrogens (primary N) is 1. The molecule has 1 rings (SSSR count). The second kappa shape index (κ2) is 9.07. The molecule has 0 aliphatic carbocycles. The number of nitrogens with one attached hydrogen (secondary N) is 1. The summed E-state index contributed by atoms with van der Waals surface area (Å²) in [5.41, 5.74) is 6.31. The van der Waals surface area contributed by atoms with E-state index in [1.165, 1.54) is 12.3 Å². The average Bonchev–Trinajstić information content (AvgIpc) is 2.49. The maximum absolute atomic E-state index is 11.8. The highest BCUT2D eigenvalue weighted by molar-refractivity contribution is 5.85. The number of rotatable bonds is 9. The largest absolute Gasteiger partial charge is 0.477 e. The topological polar surface area (TPSA) is 105 Å². The van der Waals surface area contributed by atoms with Gasteiger partial charge < -0.3 is 16.2 Å². The Morgan fingerprint density at radius 1 is 1.38 bits per heavy atom. The highest BCUT2D eigenvalue weighted by Crippen LogP contribution is 2.14. The van der Waals surface area contributed by atoms with Gasteiger partial charge in [-0.2, -0.15) is 0 Å². The average molecular weight is 293 g/mol. The molecule has 1 atom stereocenters. The summed E-state index contributed by atoms with van der Waals surface area (Å²) in [5, 5.41) is 11.6. The highest BCUT2D eigenvalue weighted by atomic mass is 16.4. The molecule has 0 saturated heterocycles. The van der Waals surface area contributed by atoms with Gasteiger partial charge in [-0.05, 0) is 36.9 Å². The van der Waals surface area contributed by atoms with Crippen molar-refractivity contribution in [3.05, 3.63) is 29.6 Å². The fourth-order valence-electron chi connectivity index (χ4n) is 2.07. The zero-order valence-electron chi connectivity index (χ0n) is 12.3. The van der Waals surface area contributed by atoms with Crippen molar-refractivity contribution in [3.8, 4) is 0 Å². The van der Waals surface area contributed by atoms with Crippen LogP contribution in [0.15, 0.2) is 18.3 Å². The van der Waals surface area contributed by atoms with E-state index in [-0.39, 0.29) is 11.6 Å². The van der Waals surface area contributed by atoms with Crippen molar-refractivity contribution < 1.29 is 14.7 Å². The fraction of sp³-hybridized carbons (Fsp3) is 0.533. The Kier molecular flexibility index (Phi) is 7.39. The molecular formula is C15H23N3O3. The van der Waals surface area contributed by atoms with Gasteiger partial charge in [0, 0.05) is 19.2 Å². The second-order valence-electron chi connectivity index (χ2n) is 5.02. The summed E-state index contributed by atoms with van der Waals surface area (Å²) in [6.45, 7) is 3.12. The zero-order chi connectivity index (χ0) is 15.7. The van der Waals surface area contributed by atoms with E-state index in [0.717, 1.165) is 24.8 Å². The summed E-state index contributed by atoms with van der Waals surface area (Å²) in [6, 6.07) is 3.08. The number of aromatic carboxylic acids is 1. The second-order valence-corrected chi connectivity index (χ2v) is 5.02. The van der Waals surface area contributed by atoms with Crippen molar-refractivity contribution in [1.82, 2.24) is 10.3 Å². The molecule has 0 aliphatic heterocycles. The van der Waals surface area contributed by atoms with Gasteiger partial charge in [-0.1, -0.05) is 19.4 Å². The summed E-state index contributed by atoms with van der Waals surface area (Å²) >= 11 is 0. The molecule has 0 bridgehead atoms. The Morgan fingerprint density at radius 3 is 2.67 bits per heavy atom. The molecule has 6 heteroatoms. The van der Waals surface area contributed by atoms with Gasteiger partial charge in [-0.15, -0.1) is 0 Å². The summed E-state index contributed by atoms with van der Waals surface area (Å²) < 4.78 is 0. The molecule has 0 fully saturated rings. The number of carboxylic acid groups (broad SMARTS) is 1. The normalized spacial score (nSPS) is 11.9. The van der Waals surface area contributed by atoms with Crippen molar-refractivity contribution in [2.75, 3.05) is 6.54 Å². The van der Waals surface area contributed by atoms with E-state index in [1.807, 2.05) is 0 Å². The van der Waals surface area contributed by atoms with Crippen molar-refractivity contribution in [3.63, 3.8) is 0 Å². The predicted octanol–water partition coefficient (Wildman–Crippen LogP) is 1.55. The molecule has 1 aromatic heterocycles. The van der Waals surface area contributed by atoms with Crippen LogP contribution >= 0.6 is 0 Å². The van der Waals surface area contributed by atoms with Crippen LogP contribution in [0.25, 0.3) is 0 Å². The van der Waals surface area contributed by atoms with Crippen molar-refractivity contribution in [2.24, 2.45) is 11.7 Å². The maximum atomic E-state index is 11.8. The third-order valence-electron chi connectivity index (χ3n) is 3.47. The summed E-state index contributed by atoms with van der Waals surface area (Å²) in [4.78, 5) is 26.2. The summed E-state index contributed by atoms with van der Waals surface area (Å²) in [7, 11) is 0. The van der Waals surface area contributed by atoms with Gasteiger partial charge in [0.05, 0.1) is 0 Å². The van der Waals surface area contributed by atoms with E-state index in [1.54, 1.807) is 6.07 Å². The molecule has 1 heterocycles. The maximum Gasteiger partial charge on any atom is 0.354 e. The third kappa shape index (κ3) is 6.35. The lowest BCUT2D eigenvalue weighted by Gasteiger charge is -2.13. The molecule has 6 nitrogen and oxygen atoms in total. The van der Waals surface area contributed by atoms with Gasteiger partial charge in [-0.25, -0.2) is 9.78 Å². The molecule has 1 unspecified atom stereocenters. The SMILES string of the molecule is CCC(CCN)CCC(=O)NCc1ccc(C(=O)O)nc1. The van der Waals surface area contributed by atoms with Crippen LogP contribution in [0.3, 0.4) is 0 Å². The number of carbonyl (C=O) groups excluding carboxylic acids is 1. The Balaban J connectivity index is 2.34. The third-order valence-corrected chi connectivity index (χ3v) is 3.47. The number of amides is 1. The van der Waals surface area contributed by atoms with E-state index in [0.29, 0.717) is 25.4 Å². The number of nitrogens with zero attached hydrogens (tertiary/aromatic N) is 1. The van der Waals surface area contributed by atoms with Crippen LogP contribution in [-0.2, 0) is 11.3 Å². The molecule has 0 aliphatic rings. The number of carboxylic acids is 1.